The summed E-state index contributed by atoms with van der Waals surface area (Å²) in [6, 6.07) is 7.24. The molecule has 0 saturated carbocycles. The molecule has 0 fully saturated rings. The van der Waals surface area contributed by atoms with E-state index in [1.54, 1.807) is 0 Å². The average Bonchev–Trinajstić information content (AvgIpc) is 2.76. The normalized spacial score (nSPS) is 11.6. The second kappa shape index (κ2) is 15.6. The van der Waals surface area contributed by atoms with Crippen LogP contribution in [0.2, 0.25) is 0 Å². The van der Waals surface area contributed by atoms with Gasteiger partial charge in [-0.1, -0.05) is 82.6 Å². The molecule has 0 N–H and O–H groups in total. The molecule has 2 aromatic rings. The zero-order valence-electron chi connectivity index (χ0n) is 20.3. The van der Waals surface area contributed by atoms with Gasteiger partial charge in [-0.3, -0.25) is 4.79 Å². The topological polar surface area (TPSA) is 47.3 Å². The number of hydrogen-bond donors (Lipinski definition) is 0. The molecule has 1 heterocycles. The van der Waals surface area contributed by atoms with E-state index in [2.05, 4.69) is 19.1 Å². The Balaban J connectivity index is 1.50. The SMILES string of the molecule is CCCCCCCCC=CCCCCCCCC(=O)Cc1ccc2c(C)cc(=O)oc2c1. The van der Waals surface area contributed by atoms with Gasteiger partial charge in [0.15, 0.2) is 0 Å². The van der Waals surface area contributed by atoms with Crippen molar-refractivity contribution in [3.05, 3.63) is 58.0 Å². The van der Waals surface area contributed by atoms with Gasteiger partial charge in [0.25, 0.3) is 0 Å². The molecule has 1 aromatic heterocycles. The first kappa shape index (κ1) is 26.1. The van der Waals surface area contributed by atoms with E-state index in [1.165, 1.54) is 76.7 Å². The number of unbranched alkanes of at least 4 members (excludes halogenated alkanes) is 11. The number of ketones is 1. The fourth-order valence-corrected chi connectivity index (χ4v) is 4.19. The molecule has 0 atom stereocenters. The van der Waals surface area contributed by atoms with Crippen molar-refractivity contribution in [1.82, 2.24) is 0 Å². The van der Waals surface area contributed by atoms with E-state index in [1.807, 2.05) is 25.1 Å². The van der Waals surface area contributed by atoms with Crippen LogP contribution in [0.4, 0.5) is 0 Å². The van der Waals surface area contributed by atoms with Crippen LogP contribution in [-0.2, 0) is 11.2 Å². The molecule has 0 bridgehead atoms. The molecule has 32 heavy (non-hydrogen) atoms. The average molecular weight is 439 g/mol. The Bertz CT molecular complexity index is 891. The summed E-state index contributed by atoms with van der Waals surface area (Å²) in [5.74, 6) is 0.261. The largest absolute Gasteiger partial charge is 0.423 e. The number of carbonyl (C=O) groups is 1. The number of fused-ring (bicyclic) bond motifs is 1. The molecule has 0 aliphatic rings. The molecule has 3 nitrogen and oxygen atoms in total. The molecule has 0 aliphatic carbocycles. The molecule has 0 saturated heterocycles. The molecule has 0 radical (unpaired) electrons. The quantitative estimate of drug-likeness (QED) is 0.142. The number of hydrogen-bond acceptors (Lipinski definition) is 3. The van der Waals surface area contributed by atoms with Crippen molar-refractivity contribution in [3.63, 3.8) is 0 Å². The Kier molecular flexibility index (Phi) is 12.7. The van der Waals surface area contributed by atoms with Crippen LogP contribution in [0.5, 0.6) is 0 Å². The van der Waals surface area contributed by atoms with E-state index in [9.17, 15) is 9.59 Å². The fourth-order valence-electron chi connectivity index (χ4n) is 4.19. The van der Waals surface area contributed by atoms with Crippen LogP contribution in [0.25, 0.3) is 11.0 Å². The van der Waals surface area contributed by atoms with E-state index >= 15 is 0 Å². The number of Topliss-reactive ketones (excluding diaryl/α,β-unsaturated/α-hetero) is 1. The van der Waals surface area contributed by atoms with Crippen LogP contribution in [0.3, 0.4) is 0 Å². The molecule has 1 aromatic carbocycles. The van der Waals surface area contributed by atoms with Crippen LogP contribution >= 0.6 is 0 Å². The van der Waals surface area contributed by atoms with Crippen molar-refractivity contribution in [2.45, 2.75) is 110 Å². The summed E-state index contributed by atoms with van der Waals surface area (Å²) in [4.78, 5) is 23.9. The Morgan fingerprint density at radius 3 is 2.16 bits per heavy atom. The predicted molar refractivity (Wildman–Crippen MR) is 135 cm³/mol. The molecule has 0 aliphatic heterocycles. The molecule has 0 spiro atoms. The monoisotopic (exact) mass is 438 g/mol. The third-order valence-electron chi connectivity index (χ3n) is 6.13. The first-order valence-electron chi connectivity index (χ1n) is 12.8. The minimum atomic E-state index is -0.341. The van der Waals surface area contributed by atoms with Gasteiger partial charge in [0.1, 0.15) is 11.4 Å². The predicted octanol–water partition coefficient (Wildman–Crippen LogP) is 8.25. The molecular formula is C29H42O3. The van der Waals surface area contributed by atoms with Gasteiger partial charge >= 0.3 is 5.63 Å². The number of benzene rings is 1. The molecule has 2 rings (SSSR count). The summed E-state index contributed by atoms with van der Waals surface area (Å²) >= 11 is 0. The first-order valence-corrected chi connectivity index (χ1v) is 12.8. The lowest BCUT2D eigenvalue weighted by Crippen LogP contribution is -2.03. The number of carbonyl (C=O) groups excluding carboxylic acids is 1. The maximum absolute atomic E-state index is 12.3. The number of rotatable bonds is 17. The van der Waals surface area contributed by atoms with Crippen LogP contribution < -0.4 is 5.63 Å². The zero-order valence-corrected chi connectivity index (χ0v) is 20.3. The standard InChI is InChI=1S/C29H42O3/c1-3-4-5-6-7-8-9-10-11-12-13-14-15-16-17-18-26(30)22-25-19-20-27-24(2)21-29(31)32-28(27)23-25/h10-11,19-21,23H,3-9,12-18,22H2,1-2H3. The Morgan fingerprint density at radius 2 is 1.47 bits per heavy atom. The summed E-state index contributed by atoms with van der Waals surface area (Å²) in [5, 5.41) is 0.929. The highest BCUT2D eigenvalue weighted by Crippen LogP contribution is 2.19. The van der Waals surface area contributed by atoms with Crippen LogP contribution in [-0.4, -0.2) is 5.78 Å². The summed E-state index contributed by atoms with van der Waals surface area (Å²) in [7, 11) is 0. The van der Waals surface area contributed by atoms with Crippen molar-refractivity contribution < 1.29 is 9.21 Å². The van der Waals surface area contributed by atoms with Crippen molar-refractivity contribution >= 4 is 16.8 Å². The highest BCUT2D eigenvalue weighted by molar-refractivity contribution is 5.84. The lowest BCUT2D eigenvalue weighted by molar-refractivity contribution is -0.118. The lowest BCUT2D eigenvalue weighted by Gasteiger charge is -2.05. The zero-order chi connectivity index (χ0) is 23.0. The molecule has 3 heteroatoms. The maximum atomic E-state index is 12.3. The summed E-state index contributed by atoms with van der Waals surface area (Å²) in [6.45, 7) is 4.16. The van der Waals surface area contributed by atoms with Crippen molar-refractivity contribution in [2.75, 3.05) is 0 Å². The van der Waals surface area contributed by atoms with E-state index in [0.717, 1.165) is 29.4 Å². The molecular weight excluding hydrogens is 396 g/mol. The van der Waals surface area contributed by atoms with Gasteiger partial charge in [0.05, 0.1) is 0 Å². The Morgan fingerprint density at radius 1 is 0.844 bits per heavy atom. The minimum absolute atomic E-state index is 0.261. The van der Waals surface area contributed by atoms with Crippen LogP contribution in [0, 0.1) is 6.92 Å². The van der Waals surface area contributed by atoms with Crippen molar-refractivity contribution in [2.24, 2.45) is 0 Å². The number of aryl methyl sites for hydroxylation is 1. The minimum Gasteiger partial charge on any atom is -0.423 e. The van der Waals surface area contributed by atoms with E-state index in [4.69, 9.17) is 4.42 Å². The third kappa shape index (κ3) is 10.4. The summed E-state index contributed by atoms with van der Waals surface area (Å²) in [6.07, 6.45) is 22.2. The van der Waals surface area contributed by atoms with Gasteiger partial charge in [0, 0.05) is 24.3 Å². The second-order valence-corrected chi connectivity index (χ2v) is 9.13. The Labute approximate surface area is 194 Å². The van der Waals surface area contributed by atoms with Crippen molar-refractivity contribution in [3.8, 4) is 0 Å². The summed E-state index contributed by atoms with van der Waals surface area (Å²) in [5.41, 5.74) is 2.06. The van der Waals surface area contributed by atoms with Gasteiger partial charge in [-0.2, -0.15) is 0 Å². The second-order valence-electron chi connectivity index (χ2n) is 9.13. The smallest absolute Gasteiger partial charge is 0.336 e. The fraction of sp³-hybridized carbons (Fsp3) is 0.586. The van der Waals surface area contributed by atoms with Crippen LogP contribution in [0.15, 0.2) is 45.6 Å². The highest BCUT2D eigenvalue weighted by Gasteiger charge is 2.07. The molecule has 176 valence electrons. The third-order valence-corrected chi connectivity index (χ3v) is 6.13. The van der Waals surface area contributed by atoms with Gasteiger partial charge in [0.2, 0.25) is 0 Å². The van der Waals surface area contributed by atoms with Crippen molar-refractivity contribution in [1.29, 1.82) is 0 Å². The summed E-state index contributed by atoms with van der Waals surface area (Å²) < 4.78 is 5.28. The first-order chi connectivity index (χ1) is 15.6. The molecule has 0 unspecified atom stereocenters. The van der Waals surface area contributed by atoms with Gasteiger partial charge in [-0.25, -0.2) is 4.79 Å². The lowest BCUT2D eigenvalue weighted by atomic mass is 10.0. The molecule has 0 amide bonds. The van der Waals surface area contributed by atoms with E-state index < -0.39 is 0 Å². The Hall–Kier alpha value is -2.16. The van der Waals surface area contributed by atoms with Gasteiger partial charge in [-0.05, 0) is 56.2 Å². The van der Waals surface area contributed by atoms with E-state index in [0.29, 0.717) is 18.4 Å². The van der Waals surface area contributed by atoms with Gasteiger partial charge in [-0.15, -0.1) is 0 Å². The van der Waals surface area contributed by atoms with E-state index in [-0.39, 0.29) is 11.4 Å². The van der Waals surface area contributed by atoms with Gasteiger partial charge < -0.3 is 4.42 Å². The maximum Gasteiger partial charge on any atom is 0.336 e. The highest BCUT2D eigenvalue weighted by atomic mass is 16.4. The number of allylic oxidation sites excluding steroid dienone is 2. The van der Waals surface area contributed by atoms with Crippen LogP contribution in [0.1, 0.15) is 108 Å².